The lowest BCUT2D eigenvalue weighted by atomic mass is 10.0. The van der Waals surface area contributed by atoms with E-state index in [1.807, 2.05) is 17.1 Å². The van der Waals surface area contributed by atoms with Crippen molar-refractivity contribution < 1.29 is 9.53 Å². The maximum atomic E-state index is 12.6. The number of ether oxygens (including phenoxy) is 1. The maximum Gasteiger partial charge on any atom is 0.254 e. The highest BCUT2D eigenvalue weighted by Gasteiger charge is 2.25. The monoisotopic (exact) mass is 403 g/mol. The van der Waals surface area contributed by atoms with Crippen LogP contribution in [0.5, 0.6) is 0 Å². The summed E-state index contributed by atoms with van der Waals surface area (Å²) in [5.74, 6) is 0.0847. The van der Waals surface area contributed by atoms with Crippen LogP contribution in [-0.4, -0.2) is 42.0 Å². The molecule has 1 fully saturated rings. The zero-order valence-corrected chi connectivity index (χ0v) is 18.3. The van der Waals surface area contributed by atoms with Crippen molar-refractivity contribution in [2.24, 2.45) is 11.7 Å². The number of carbonyl (C=O) groups is 1. The number of allylic oxidation sites excluding steroid dienone is 1. The number of carbonyl (C=O) groups excluding carboxylic acids is 1. The zero-order chi connectivity index (χ0) is 21.2. The van der Waals surface area contributed by atoms with E-state index >= 15 is 0 Å². The van der Waals surface area contributed by atoms with Gasteiger partial charge in [0.25, 0.3) is 5.91 Å². The molecule has 7 nitrogen and oxygen atoms in total. The average molecular weight is 404 g/mol. The topological polar surface area (TPSA) is 94.2 Å². The van der Waals surface area contributed by atoms with Gasteiger partial charge in [-0.05, 0) is 44.4 Å². The molecule has 0 unspecified atom stereocenters. The van der Waals surface area contributed by atoms with E-state index in [9.17, 15) is 4.79 Å². The Hall–Kier alpha value is -2.12. The van der Waals surface area contributed by atoms with Crippen molar-refractivity contribution in [3.63, 3.8) is 0 Å². The lowest BCUT2D eigenvalue weighted by Gasteiger charge is -2.22. The minimum Gasteiger partial charge on any atom is -0.379 e. The molecule has 1 aliphatic rings. The largest absolute Gasteiger partial charge is 0.379 e. The summed E-state index contributed by atoms with van der Waals surface area (Å²) in [5.41, 5.74) is 9.69. The van der Waals surface area contributed by atoms with Crippen molar-refractivity contribution in [2.75, 3.05) is 26.3 Å². The molecular weight excluding hydrogens is 366 g/mol. The zero-order valence-electron chi connectivity index (χ0n) is 18.3. The molecular formula is C22H37N5O2. The number of amides is 1. The predicted octanol–water partition coefficient (Wildman–Crippen LogP) is 3.13. The van der Waals surface area contributed by atoms with Crippen LogP contribution in [0.4, 0.5) is 0 Å². The Labute approximate surface area is 174 Å². The van der Waals surface area contributed by atoms with Gasteiger partial charge in [-0.2, -0.15) is 5.10 Å². The first-order chi connectivity index (χ1) is 14.0. The fourth-order valence-corrected chi connectivity index (χ4v) is 3.02. The highest BCUT2D eigenvalue weighted by molar-refractivity contribution is 5.93. The van der Waals surface area contributed by atoms with Gasteiger partial charge < -0.3 is 21.1 Å². The molecule has 0 radical (unpaired) electrons. The second kappa shape index (κ2) is 11.8. The molecule has 0 aromatic carbocycles. The minimum atomic E-state index is -0.0884. The van der Waals surface area contributed by atoms with Crippen LogP contribution in [-0.2, 0) is 4.74 Å². The Balaban J connectivity index is 2.07. The summed E-state index contributed by atoms with van der Waals surface area (Å²) in [4.78, 5) is 12.6. The van der Waals surface area contributed by atoms with Gasteiger partial charge in [0, 0.05) is 30.9 Å². The first-order valence-corrected chi connectivity index (χ1v) is 10.7. The first kappa shape index (κ1) is 23.2. The predicted molar refractivity (Wildman–Crippen MR) is 116 cm³/mol. The third kappa shape index (κ3) is 7.33. The van der Waals surface area contributed by atoms with E-state index in [0.29, 0.717) is 37.9 Å². The molecule has 1 aromatic heterocycles. The summed E-state index contributed by atoms with van der Waals surface area (Å²) in [6.07, 6.45) is 9.67. The van der Waals surface area contributed by atoms with Crippen molar-refractivity contribution in [3.05, 3.63) is 41.0 Å². The van der Waals surface area contributed by atoms with E-state index in [1.54, 1.807) is 6.20 Å². The van der Waals surface area contributed by atoms with Gasteiger partial charge in [0.2, 0.25) is 0 Å². The van der Waals surface area contributed by atoms with Gasteiger partial charge in [-0.15, -0.1) is 0 Å². The molecule has 162 valence electrons. The highest BCUT2D eigenvalue weighted by atomic mass is 16.5. The maximum absolute atomic E-state index is 12.6. The molecule has 0 spiro atoms. The Morgan fingerprint density at radius 3 is 2.79 bits per heavy atom. The molecule has 7 heteroatoms. The fourth-order valence-electron chi connectivity index (χ4n) is 3.02. The summed E-state index contributed by atoms with van der Waals surface area (Å²) in [7, 11) is 0. The van der Waals surface area contributed by atoms with E-state index in [1.165, 1.54) is 5.57 Å². The van der Waals surface area contributed by atoms with E-state index in [4.69, 9.17) is 10.5 Å². The van der Waals surface area contributed by atoms with Crippen LogP contribution in [0, 0.1) is 5.92 Å². The molecule has 1 heterocycles. The molecule has 0 aliphatic heterocycles. The summed E-state index contributed by atoms with van der Waals surface area (Å²) in [5, 5.41) is 10.8. The molecule has 1 saturated carbocycles. The number of nitrogens with zero attached hydrogens (tertiary/aromatic N) is 2. The first-order valence-electron chi connectivity index (χ1n) is 10.7. The molecule has 1 aliphatic carbocycles. The van der Waals surface area contributed by atoms with Crippen molar-refractivity contribution >= 4 is 5.91 Å². The highest BCUT2D eigenvalue weighted by Crippen LogP contribution is 2.33. The van der Waals surface area contributed by atoms with Crippen molar-refractivity contribution in [1.29, 1.82) is 0 Å². The van der Waals surface area contributed by atoms with Crippen LogP contribution in [0.25, 0.3) is 0 Å². The van der Waals surface area contributed by atoms with Crippen LogP contribution < -0.4 is 16.4 Å². The number of aromatic nitrogens is 2. The third-order valence-corrected chi connectivity index (χ3v) is 5.21. The fraction of sp³-hybridized carbons (Fsp3) is 0.636. The standard InChI is InChI=1S/C22H37N5O2/c1-5-16(3)11-24-21(17(4)15-29-10-9-23)18(6-2)12-25-22(28)19-13-26-27(14-19)20-7-8-20/h11,13-14,17,20,24H,5-10,12,15,23H2,1-4H3,(H,25,28)/b16-11-,21-18?/t17-/m0/s1. The minimum absolute atomic E-state index is 0.0884. The van der Waals surface area contributed by atoms with Crippen LogP contribution in [0.15, 0.2) is 35.4 Å². The Kier molecular flexibility index (Phi) is 9.41. The second-order valence-corrected chi connectivity index (χ2v) is 7.75. The second-order valence-electron chi connectivity index (χ2n) is 7.75. The van der Waals surface area contributed by atoms with Gasteiger partial charge >= 0.3 is 0 Å². The lowest BCUT2D eigenvalue weighted by Crippen LogP contribution is -2.29. The van der Waals surface area contributed by atoms with Gasteiger partial charge in [0.1, 0.15) is 0 Å². The molecule has 2 rings (SSSR count). The summed E-state index contributed by atoms with van der Waals surface area (Å²) in [6.45, 7) is 10.6. The third-order valence-electron chi connectivity index (χ3n) is 5.21. The number of rotatable bonds is 13. The number of hydrogen-bond acceptors (Lipinski definition) is 5. The number of hydrogen-bond donors (Lipinski definition) is 3. The van der Waals surface area contributed by atoms with Gasteiger partial charge in [0.05, 0.1) is 31.0 Å². The average Bonchev–Trinajstić information content (AvgIpc) is 3.46. The molecule has 4 N–H and O–H groups in total. The SMILES string of the molecule is CCC(CNC(=O)c1cnn(C2CC2)c1)=C(N/C=C(/C)CC)[C@@H](C)COCCN. The summed E-state index contributed by atoms with van der Waals surface area (Å²) in [6, 6.07) is 0.474. The summed E-state index contributed by atoms with van der Waals surface area (Å²) < 4.78 is 7.56. The molecule has 0 bridgehead atoms. The van der Waals surface area contributed by atoms with Crippen LogP contribution in [0.3, 0.4) is 0 Å². The van der Waals surface area contributed by atoms with Crippen molar-refractivity contribution in [1.82, 2.24) is 20.4 Å². The number of nitrogens with one attached hydrogen (secondary N) is 2. The van der Waals surface area contributed by atoms with Gasteiger partial charge in [-0.25, -0.2) is 0 Å². The molecule has 0 saturated heterocycles. The van der Waals surface area contributed by atoms with E-state index in [0.717, 1.165) is 37.0 Å². The Morgan fingerprint density at radius 2 is 2.17 bits per heavy atom. The smallest absolute Gasteiger partial charge is 0.254 e. The van der Waals surface area contributed by atoms with Crippen LogP contribution in [0.1, 0.15) is 69.8 Å². The van der Waals surface area contributed by atoms with Crippen molar-refractivity contribution in [3.8, 4) is 0 Å². The van der Waals surface area contributed by atoms with Crippen LogP contribution in [0.2, 0.25) is 0 Å². The van der Waals surface area contributed by atoms with Crippen molar-refractivity contribution in [2.45, 2.75) is 59.4 Å². The Bertz CT molecular complexity index is 719. The molecule has 1 atom stereocenters. The van der Waals surface area contributed by atoms with E-state index in [2.05, 4.69) is 43.4 Å². The lowest BCUT2D eigenvalue weighted by molar-refractivity contribution is 0.0956. The van der Waals surface area contributed by atoms with Gasteiger partial charge in [-0.1, -0.05) is 26.3 Å². The molecule has 1 aromatic rings. The Morgan fingerprint density at radius 1 is 1.41 bits per heavy atom. The van der Waals surface area contributed by atoms with Crippen LogP contribution >= 0.6 is 0 Å². The normalized spacial score (nSPS) is 16.4. The van der Waals surface area contributed by atoms with Gasteiger partial charge in [-0.3, -0.25) is 9.48 Å². The molecule has 29 heavy (non-hydrogen) atoms. The van der Waals surface area contributed by atoms with Gasteiger partial charge in [0.15, 0.2) is 0 Å². The quantitative estimate of drug-likeness (QED) is 0.440. The summed E-state index contributed by atoms with van der Waals surface area (Å²) >= 11 is 0. The van der Waals surface area contributed by atoms with E-state index < -0.39 is 0 Å². The molecule has 1 amide bonds. The number of nitrogens with two attached hydrogens (primary N) is 1. The van der Waals surface area contributed by atoms with E-state index in [-0.39, 0.29) is 11.8 Å².